The second-order valence-corrected chi connectivity index (χ2v) is 6.87. The predicted molar refractivity (Wildman–Crippen MR) is 91.5 cm³/mol. The number of hydrogen-bond acceptors (Lipinski definition) is 3. The van der Waals surface area contributed by atoms with Crippen LogP contribution >= 0.6 is 0 Å². The molecule has 0 unspecified atom stereocenters. The lowest BCUT2D eigenvalue weighted by Crippen LogP contribution is -2.23. The van der Waals surface area contributed by atoms with Gasteiger partial charge in [-0.15, -0.1) is 0 Å². The van der Waals surface area contributed by atoms with E-state index in [2.05, 4.69) is 15.0 Å². The Morgan fingerprint density at radius 3 is 2.59 bits per heavy atom. The van der Waals surface area contributed by atoms with Gasteiger partial charge in [0, 0.05) is 18.3 Å². The third kappa shape index (κ3) is 3.53. The summed E-state index contributed by atoms with van der Waals surface area (Å²) in [5.41, 5.74) is 1.22. The molecule has 1 saturated heterocycles. The predicted octanol–water partition coefficient (Wildman–Crippen LogP) is 4.53. The number of halogens is 4. The molecular weight excluding hydrogens is 360 g/mol. The molecule has 1 fully saturated rings. The van der Waals surface area contributed by atoms with Gasteiger partial charge in [0.05, 0.1) is 11.7 Å². The number of aromatic nitrogens is 3. The number of nitrogens with zero attached hydrogens (tertiary/aromatic N) is 4. The van der Waals surface area contributed by atoms with E-state index in [0.29, 0.717) is 17.9 Å². The normalized spacial score (nSPS) is 18.5. The van der Waals surface area contributed by atoms with Crippen molar-refractivity contribution in [1.29, 1.82) is 0 Å². The average molecular weight is 378 g/mol. The maximum Gasteiger partial charge on any atom is 0.433 e. The zero-order chi connectivity index (χ0) is 19.2. The number of fused-ring (bicyclic) bond motifs is 1. The minimum Gasteiger partial charge on any atom is -0.290 e. The van der Waals surface area contributed by atoms with Crippen LogP contribution in [0, 0.1) is 12.7 Å². The molecule has 8 heteroatoms. The lowest BCUT2D eigenvalue weighted by molar-refractivity contribution is -0.142. The molecule has 3 aromatic rings. The highest BCUT2D eigenvalue weighted by atomic mass is 19.4. The summed E-state index contributed by atoms with van der Waals surface area (Å²) in [5.74, 6) is -0.293. The van der Waals surface area contributed by atoms with E-state index in [4.69, 9.17) is 0 Å². The van der Waals surface area contributed by atoms with E-state index >= 15 is 0 Å². The van der Waals surface area contributed by atoms with E-state index < -0.39 is 11.9 Å². The topological polar surface area (TPSA) is 33.4 Å². The van der Waals surface area contributed by atoms with Gasteiger partial charge in [-0.25, -0.2) is 13.9 Å². The Labute approximate surface area is 153 Å². The van der Waals surface area contributed by atoms with Gasteiger partial charge < -0.3 is 0 Å². The van der Waals surface area contributed by atoms with E-state index in [1.807, 2.05) is 0 Å². The lowest BCUT2D eigenvalue weighted by Gasteiger charge is -2.23. The molecule has 2 aromatic heterocycles. The number of benzene rings is 1. The van der Waals surface area contributed by atoms with E-state index in [1.54, 1.807) is 25.1 Å². The zero-order valence-corrected chi connectivity index (χ0v) is 14.7. The number of alkyl halides is 3. The summed E-state index contributed by atoms with van der Waals surface area (Å²) in [6, 6.07) is 8.83. The van der Waals surface area contributed by atoms with Gasteiger partial charge in [0.2, 0.25) is 0 Å². The molecule has 4 rings (SSSR count). The Kier molecular flexibility index (Phi) is 4.38. The minimum atomic E-state index is -4.50. The summed E-state index contributed by atoms with van der Waals surface area (Å²) in [4.78, 5) is 6.36. The summed E-state index contributed by atoms with van der Waals surface area (Å²) in [6.07, 6.45) is -2.76. The minimum absolute atomic E-state index is 0.0851. The van der Waals surface area contributed by atoms with Crippen molar-refractivity contribution < 1.29 is 17.6 Å². The third-order valence-corrected chi connectivity index (χ3v) is 4.87. The molecule has 27 heavy (non-hydrogen) atoms. The summed E-state index contributed by atoms with van der Waals surface area (Å²) < 4.78 is 54.0. The maximum atomic E-state index is 13.4. The van der Waals surface area contributed by atoms with Gasteiger partial charge in [0.1, 0.15) is 11.5 Å². The molecule has 1 aliphatic heterocycles. The van der Waals surface area contributed by atoms with Crippen LogP contribution in [-0.4, -0.2) is 26.0 Å². The first-order chi connectivity index (χ1) is 12.8. The molecule has 1 atom stereocenters. The smallest absolute Gasteiger partial charge is 0.290 e. The van der Waals surface area contributed by atoms with Crippen molar-refractivity contribution in [3.63, 3.8) is 0 Å². The number of hydrogen-bond donors (Lipinski definition) is 0. The largest absolute Gasteiger partial charge is 0.433 e. The summed E-state index contributed by atoms with van der Waals surface area (Å²) in [6.45, 7) is 2.95. The second-order valence-electron chi connectivity index (χ2n) is 6.87. The molecule has 1 aliphatic rings. The highest BCUT2D eigenvalue weighted by Gasteiger charge is 2.36. The van der Waals surface area contributed by atoms with Gasteiger partial charge in [-0.05, 0) is 50.1 Å². The van der Waals surface area contributed by atoms with Crippen LogP contribution in [0.2, 0.25) is 0 Å². The van der Waals surface area contributed by atoms with Crippen molar-refractivity contribution in [2.24, 2.45) is 0 Å². The monoisotopic (exact) mass is 378 g/mol. The molecule has 0 N–H and O–H groups in total. The Hall–Kier alpha value is -2.48. The van der Waals surface area contributed by atoms with Crippen LogP contribution in [0.25, 0.3) is 5.65 Å². The Morgan fingerprint density at radius 2 is 1.89 bits per heavy atom. The maximum absolute atomic E-state index is 13.4. The standard InChI is InChI=1S/C19H18F4N4/c1-12-9-17(19(21,22)23)27-18(24-12)10-15(25-27)16-3-2-8-26(16)11-13-4-6-14(20)7-5-13/h4-7,9-10,16H,2-3,8,11H2,1H3/t16-/m0/s1. The first kappa shape index (κ1) is 17.9. The molecule has 142 valence electrons. The highest BCUT2D eigenvalue weighted by molar-refractivity contribution is 5.43. The fraction of sp³-hybridized carbons (Fsp3) is 0.368. The second kappa shape index (κ2) is 6.60. The van der Waals surface area contributed by atoms with Gasteiger partial charge >= 0.3 is 6.18 Å². The van der Waals surface area contributed by atoms with E-state index in [-0.39, 0.29) is 17.5 Å². The van der Waals surface area contributed by atoms with Gasteiger partial charge in [-0.2, -0.15) is 18.3 Å². The van der Waals surface area contributed by atoms with Crippen LogP contribution in [0.15, 0.2) is 36.4 Å². The molecule has 0 amide bonds. The van der Waals surface area contributed by atoms with Crippen molar-refractivity contribution in [3.05, 3.63) is 64.9 Å². The summed E-state index contributed by atoms with van der Waals surface area (Å²) >= 11 is 0. The molecular formula is C19H18F4N4. The summed E-state index contributed by atoms with van der Waals surface area (Å²) in [5, 5.41) is 4.24. The van der Waals surface area contributed by atoms with Crippen LogP contribution < -0.4 is 0 Å². The van der Waals surface area contributed by atoms with Crippen LogP contribution in [0.3, 0.4) is 0 Å². The number of rotatable bonds is 3. The first-order valence-electron chi connectivity index (χ1n) is 8.74. The molecule has 1 aromatic carbocycles. The molecule has 0 bridgehead atoms. The number of likely N-dealkylation sites (tertiary alicyclic amines) is 1. The SMILES string of the molecule is Cc1cc(C(F)(F)F)n2nc([C@@H]3CCCN3Cc3ccc(F)cc3)cc2n1. The Balaban J connectivity index is 1.67. The van der Waals surface area contributed by atoms with Crippen molar-refractivity contribution in [2.75, 3.05) is 6.54 Å². The fourth-order valence-electron chi connectivity index (χ4n) is 3.66. The van der Waals surface area contributed by atoms with Crippen molar-refractivity contribution in [3.8, 4) is 0 Å². The van der Waals surface area contributed by atoms with Crippen LogP contribution in [0.4, 0.5) is 17.6 Å². The molecule has 4 nitrogen and oxygen atoms in total. The summed E-state index contributed by atoms with van der Waals surface area (Å²) in [7, 11) is 0. The first-order valence-corrected chi connectivity index (χ1v) is 8.74. The highest BCUT2D eigenvalue weighted by Crippen LogP contribution is 2.35. The molecule has 0 saturated carbocycles. The van der Waals surface area contributed by atoms with E-state index in [9.17, 15) is 17.6 Å². The van der Waals surface area contributed by atoms with Gasteiger partial charge in [-0.3, -0.25) is 4.90 Å². The van der Waals surface area contributed by atoms with E-state index in [0.717, 1.165) is 35.5 Å². The Bertz CT molecular complexity index is 962. The lowest BCUT2D eigenvalue weighted by atomic mass is 10.1. The molecule has 0 aliphatic carbocycles. The fourth-order valence-corrected chi connectivity index (χ4v) is 3.66. The van der Waals surface area contributed by atoms with Gasteiger partial charge in [-0.1, -0.05) is 12.1 Å². The van der Waals surface area contributed by atoms with Gasteiger partial charge in [0.25, 0.3) is 0 Å². The molecule has 0 radical (unpaired) electrons. The quantitative estimate of drug-likeness (QED) is 0.628. The van der Waals surface area contributed by atoms with Crippen molar-refractivity contribution >= 4 is 5.65 Å². The van der Waals surface area contributed by atoms with Crippen LogP contribution in [0.1, 0.15) is 41.5 Å². The third-order valence-electron chi connectivity index (χ3n) is 4.87. The molecule has 3 heterocycles. The average Bonchev–Trinajstić information content (AvgIpc) is 3.21. The van der Waals surface area contributed by atoms with Crippen molar-refractivity contribution in [1.82, 2.24) is 19.5 Å². The zero-order valence-electron chi connectivity index (χ0n) is 14.7. The number of aryl methyl sites for hydroxylation is 1. The van der Waals surface area contributed by atoms with Crippen molar-refractivity contribution in [2.45, 2.75) is 38.5 Å². The Morgan fingerprint density at radius 1 is 1.15 bits per heavy atom. The molecule has 0 spiro atoms. The van der Waals surface area contributed by atoms with Crippen LogP contribution in [-0.2, 0) is 12.7 Å². The van der Waals surface area contributed by atoms with Gasteiger partial charge in [0.15, 0.2) is 5.65 Å². The van der Waals surface area contributed by atoms with Crippen LogP contribution in [0.5, 0.6) is 0 Å². The van der Waals surface area contributed by atoms with E-state index in [1.165, 1.54) is 12.1 Å².